The zero-order valence-corrected chi connectivity index (χ0v) is 23.1. The van der Waals surface area contributed by atoms with Gasteiger partial charge in [0.2, 0.25) is 0 Å². The second-order valence-corrected chi connectivity index (χ2v) is 10.1. The molecule has 0 saturated carbocycles. The molecule has 0 spiro atoms. The number of nitrogens with one attached hydrogen (secondary N) is 1. The molecule has 2 aromatic heterocycles. The van der Waals surface area contributed by atoms with Crippen LogP contribution in [0.1, 0.15) is 28.6 Å². The quantitative estimate of drug-likeness (QED) is 0.293. The summed E-state index contributed by atoms with van der Waals surface area (Å²) in [5.74, 6) is 1.62. The van der Waals surface area contributed by atoms with Crippen LogP contribution in [0.3, 0.4) is 0 Å². The molecule has 0 aliphatic carbocycles. The van der Waals surface area contributed by atoms with Crippen molar-refractivity contribution in [1.29, 1.82) is 0 Å². The average molecular weight is 533 g/mol. The summed E-state index contributed by atoms with van der Waals surface area (Å²) in [4.78, 5) is 18.1. The van der Waals surface area contributed by atoms with E-state index in [2.05, 4.69) is 51.3 Å². The summed E-state index contributed by atoms with van der Waals surface area (Å²) in [6.45, 7) is 2.39. The molecule has 202 valence electrons. The lowest BCUT2D eigenvalue weighted by atomic mass is 10.0. The maximum absolute atomic E-state index is 14.1. The number of carbonyl (C=O) groups excluding carboxylic acids is 1. The topological polar surface area (TPSA) is 67.6 Å². The molecule has 1 unspecified atom stereocenters. The molecule has 8 nitrogen and oxygen atoms in total. The van der Waals surface area contributed by atoms with Crippen molar-refractivity contribution >= 4 is 17.4 Å². The number of fused-ring (bicyclic) bond motifs is 3. The molecule has 1 N–H and O–H groups in total. The van der Waals surface area contributed by atoms with Crippen molar-refractivity contribution in [1.82, 2.24) is 19.2 Å². The third-order valence-corrected chi connectivity index (χ3v) is 7.39. The normalized spacial score (nSPS) is 14.2. The number of rotatable bonds is 5. The number of aromatic nitrogens is 3. The number of para-hydroxylation sites is 1. The second-order valence-electron chi connectivity index (χ2n) is 10.1. The summed E-state index contributed by atoms with van der Waals surface area (Å²) in [5, 5.41) is 8.04. The number of anilines is 2. The predicted molar refractivity (Wildman–Crippen MR) is 158 cm³/mol. The molecule has 0 bridgehead atoms. The van der Waals surface area contributed by atoms with Gasteiger partial charge in [-0.25, -0.2) is 9.48 Å². The van der Waals surface area contributed by atoms with Gasteiger partial charge >= 0.3 is 6.03 Å². The van der Waals surface area contributed by atoms with Crippen LogP contribution in [0, 0.1) is 6.92 Å². The Balaban J connectivity index is 1.51. The van der Waals surface area contributed by atoms with Crippen LogP contribution >= 0.6 is 0 Å². The smallest absolute Gasteiger partial charge is 0.322 e. The Morgan fingerprint density at radius 3 is 2.48 bits per heavy atom. The number of nitrogens with zero attached hydrogens (tertiary/aromatic N) is 5. The van der Waals surface area contributed by atoms with Crippen molar-refractivity contribution < 1.29 is 9.53 Å². The molecule has 3 aromatic carbocycles. The van der Waals surface area contributed by atoms with Gasteiger partial charge in [0.05, 0.1) is 36.8 Å². The van der Waals surface area contributed by atoms with Crippen LogP contribution in [-0.4, -0.2) is 46.5 Å². The molecule has 1 aliphatic rings. The van der Waals surface area contributed by atoms with Crippen molar-refractivity contribution in [2.75, 3.05) is 31.4 Å². The minimum absolute atomic E-state index is 0.206. The molecular weight excluding hydrogens is 500 g/mol. The van der Waals surface area contributed by atoms with Crippen molar-refractivity contribution in [3.8, 4) is 17.3 Å². The van der Waals surface area contributed by atoms with E-state index < -0.39 is 0 Å². The molecule has 0 fully saturated rings. The van der Waals surface area contributed by atoms with Gasteiger partial charge < -0.3 is 24.4 Å². The Morgan fingerprint density at radius 1 is 0.975 bits per heavy atom. The van der Waals surface area contributed by atoms with E-state index in [1.165, 1.54) is 0 Å². The monoisotopic (exact) mass is 532 g/mol. The molecule has 0 saturated heterocycles. The Hall–Kier alpha value is -4.98. The Morgan fingerprint density at radius 2 is 1.75 bits per heavy atom. The van der Waals surface area contributed by atoms with Gasteiger partial charge in [-0.3, -0.25) is 0 Å². The molecule has 1 aliphatic heterocycles. The van der Waals surface area contributed by atoms with Gasteiger partial charge in [-0.1, -0.05) is 36.4 Å². The molecule has 3 heterocycles. The highest BCUT2D eigenvalue weighted by Crippen LogP contribution is 2.39. The van der Waals surface area contributed by atoms with Crippen LogP contribution < -0.4 is 15.0 Å². The van der Waals surface area contributed by atoms with Crippen molar-refractivity contribution in [3.63, 3.8) is 0 Å². The second kappa shape index (κ2) is 10.3. The first kappa shape index (κ1) is 25.3. The van der Waals surface area contributed by atoms with E-state index in [1.807, 2.05) is 91.3 Å². The van der Waals surface area contributed by atoms with Gasteiger partial charge in [0.15, 0.2) is 0 Å². The standard InChI is InChI=1S/C32H32N6O2/c1-22-28-21-37(32(39)33-24-10-8-13-27(20-24)40-4)30(23-15-17-25(18-16-23)35(2)3)29-14-9-19-36(29)31(28)38(34-22)26-11-6-5-7-12-26/h5-20,30H,21H2,1-4H3,(H,33,39). The highest BCUT2D eigenvalue weighted by Gasteiger charge is 2.36. The van der Waals surface area contributed by atoms with Gasteiger partial charge in [-0.2, -0.15) is 5.10 Å². The third-order valence-electron chi connectivity index (χ3n) is 7.39. The van der Waals surface area contributed by atoms with Gasteiger partial charge in [-0.15, -0.1) is 0 Å². The number of methoxy groups -OCH3 is 1. The Kier molecular flexibility index (Phi) is 6.51. The van der Waals surface area contributed by atoms with E-state index in [1.54, 1.807) is 7.11 Å². The lowest BCUT2D eigenvalue weighted by molar-refractivity contribution is 0.194. The molecule has 5 aromatic rings. The highest BCUT2D eigenvalue weighted by atomic mass is 16.5. The number of ether oxygens (including phenoxy) is 1. The first-order chi connectivity index (χ1) is 19.4. The van der Waals surface area contributed by atoms with Crippen molar-refractivity contribution in [2.24, 2.45) is 0 Å². The number of aryl methyl sites for hydroxylation is 1. The van der Waals surface area contributed by atoms with Crippen LogP contribution in [0.15, 0.2) is 97.2 Å². The van der Waals surface area contributed by atoms with E-state index >= 15 is 0 Å². The zero-order valence-electron chi connectivity index (χ0n) is 23.1. The molecule has 0 radical (unpaired) electrons. The third kappa shape index (κ3) is 4.47. The molecular formula is C32H32N6O2. The van der Waals surface area contributed by atoms with Crippen molar-refractivity contribution in [3.05, 3.63) is 120 Å². The average Bonchev–Trinajstić information content (AvgIpc) is 3.54. The van der Waals surface area contributed by atoms with E-state index in [0.29, 0.717) is 18.0 Å². The van der Waals surface area contributed by atoms with Crippen LogP contribution in [0.25, 0.3) is 11.5 Å². The van der Waals surface area contributed by atoms with E-state index in [4.69, 9.17) is 9.84 Å². The summed E-state index contributed by atoms with van der Waals surface area (Å²) >= 11 is 0. The predicted octanol–water partition coefficient (Wildman–Crippen LogP) is 6.18. The number of carbonyl (C=O) groups is 1. The number of urea groups is 1. The minimum atomic E-state index is -0.340. The Labute approximate surface area is 234 Å². The van der Waals surface area contributed by atoms with Crippen LogP contribution in [-0.2, 0) is 6.54 Å². The maximum Gasteiger partial charge on any atom is 0.322 e. The summed E-state index contributed by atoms with van der Waals surface area (Å²) in [6.07, 6.45) is 2.05. The molecule has 8 heteroatoms. The van der Waals surface area contributed by atoms with Crippen LogP contribution in [0.5, 0.6) is 5.75 Å². The molecule has 2 amide bonds. The van der Waals surface area contributed by atoms with Gasteiger partial charge in [0.1, 0.15) is 11.6 Å². The zero-order chi connectivity index (χ0) is 27.8. The maximum atomic E-state index is 14.1. The molecule has 40 heavy (non-hydrogen) atoms. The number of amides is 2. The number of benzene rings is 3. The summed E-state index contributed by atoms with van der Waals surface area (Å²) < 4.78 is 9.53. The summed E-state index contributed by atoms with van der Waals surface area (Å²) in [6, 6.07) is 29.5. The van der Waals surface area contributed by atoms with Crippen LogP contribution in [0.2, 0.25) is 0 Å². The van der Waals surface area contributed by atoms with E-state index in [0.717, 1.165) is 39.7 Å². The fourth-order valence-corrected chi connectivity index (χ4v) is 5.35. The number of hydrogen-bond acceptors (Lipinski definition) is 4. The van der Waals surface area contributed by atoms with E-state index in [9.17, 15) is 4.79 Å². The largest absolute Gasteiger partial charge is 0.497 e. The van der Waals surface area contributed by atoms with Crippen LogP contribution in [0.4, 0.5) is 16.2 Å². The molecule has 1 atom stereocenters. The molecule has 6 rings (SSSR count). The lowest BCUT2D eigenvalue weighted by Crippen LogP contribution is -2.38. The number of hydrogen-bond donors (Lipinski definition) is 1. The lowest BCUT2D eigenvalue weighted by Gasteiger charge is -2.31. The first-order valence-electron chi connectivity index (χ1n) is 13.2. The first-order valence-corrected chi connectivity index (χ1v) is 13.2. The van der Waals surface area contributed by atoms with Gasteiger partial charge in [0, 0.05) is 43.3 Å². The SMILES string of the molecule is COc1cccc(NC(=O)N2Cc3c(C)nn(-c4ccccc4)c3-n3cccc3C2c2ccc(N(C)C)cc2)c1. The summed E-state index contributed by atoms with van der Waals surface area (Å²) in [7, 11) is 5.66. The minimum Gasteiger partial charge on any atom is -0.497 e. The van der Waals surface area contributed by atoms with Crippen molar-refractivity contribution in [2.45, 2.75) is 19.5 Å². The van der Waals surface area contributed by atoms with E-state index in [-0.39, 0.29) is 12.1 Å². The highest BCUT2D eigenvalue weighted by molar-refractivity contribution is 5.90. The fourth-order valence-electron chi connectivity index (χ4n) is 5.35. The Bertz CT molecular complexity index is 1650. The van der Waals surface area contributed by atoms with Gasteiger partial charge in [-0.05, 0) is 61.0 Å². The summed E-state index contributed by atoms with van der Waals surface area (Å²) in [5.41, 5.74) is 6.60. The van der Waals surface area contributed by atoms with Gasteiger partial charge in [0.25, 0.3) is 0 Å². The fraction of sp³-hybridized carbons (Fsp3) is 0.188.